The fraction of sp³-hybridized carbons (Fsp3) is 0.176. The van der Waals surface area contributed by atoms with Gasteiger partial charge >= 0.3 is 0 Å². The molecule has 0 heterocycles. The summed E-state index contributed by atoms with van der Waals surface area (Å²) in [6.07, 6.45) is -0.765. The maximum absolute atomic E-state index is 12.2. The normalized spacial score (nSPS) is 11.7. The van der Waals surface area contributed by atoms with E-state index in [0.29, 0.717) is 22.0 Å². The van der Waals surface area contributed by atoms with Crippen LogP contribution < -0.4 is 10.1 Å². The molecule has 120 valence electrons. The SMILES string of the molecule is CC(=O)c1ccc(NC(=O)[C@@H](C)Oc2cccc(Cl)c2Cl)cc1. The molecule has 6 heteroatoms. The predicted molar refractivity (Wildman–Crippen MR) is 91.6 cm³/mol. The molecule has 1 atom stereocenters. The van der Waals surface area contributed by atoms with E-state index < -0.39 is 6.10 Å². The molecule has 0 saturated carbocycles. The van der Waals surface area contributed by atoms with Crippen LogP contribution in [0.4, 0.5) is 5.69 Å². The molecule has 0 spiro atoms. The third-order valence-corrected chi connectivity index (χ3v) is 3.95. The summed E-state index contributed by atoms with van der Waals surface area (Å²) in [5.74, 6) is -0.0273. The highest BCUT2D eigenvalue weighted by Crippen LogP contribution is 2.32. The second kappa shape index (κ2) is 7.49. The summed E-state index contributed by atoms with van der Waals surface area (Å²) in [7, 11) is 0. The number of amides is 1. The first-order chi connectivity index (χ1) is 10.9. The minimum Gasteiger partial charge on any atom is -0.479 e. The van der Waals surface area contributed by atoms with Crippen molar-refractivity contribution in [3.05, 3.63) is 58.1 Å². The van der Waals surface area contributed by atoms with Crippen LogP contribution in [-0.4, -0.2) is 17.8 Å². The van der Waals surface area contributed by atoms with Crippen LogP contribution >= 0.6 is 23.2 Å². The van der Waals surface area contributed by atoms with Crippen LogP contribution in [0.15, 0.2) is 42.5 Å². The Labute approximate surface area is 144 Å². The van der Waals surface area contributed by atoms with Crippen LogP contribution in [0.2, 0.25) is 10.0 Å². The van der Waals surface area contributed by atoms with Gasteiger partial charge in [0.25, 0.3) is 5.91 Å². The molecular weight excluding hydrogens is 337 g/mol. The molecule has 1 N–H and O–H groups in total. The summed E-state index contributed by atoms with van der Waals surface area (Å²) in [4.78, 5) is 23.4. The monoisotopic (exact) mass is 351 g/mol. The summed E-state index contributed by atoms with van der Waals surface area (Å²) >= 11 is 11.9. The van der Waals surface area contributed by atoms with Crippen LogP contribution in [0.1, 0.15) is 24.2 Å². The standard InChI is InChI=1S/C17H15Cl2NO3/c1-10(21)12-6-8-13(9-7-12)20-17(22)11(2)23-15-5-3-4-14(18)16(15)19/h3-9,11H,1-2H3,(H,20,22)/t11-/m1/s1. The Balaban J connectivity index is 2.02. The molecule has 1 amide bonds. The van der Waals surface area contributed by atoms with Crippen molar-refractivity contribution in [2.45, 2.75) is 20.0 Å². The fourth-order valence-corrected chi connectivity index (χ4v) is 2.19. The zero-order valence-corrected chi connectivity index (χ0v) is 14.1. The number of carbonyl (C=O) groups excluding carboxylic acids is 2. The summed E-state index contributed by atoms with van der Waals surface area (Å²) in [6.45, 7) is 3.09. The van der Waals surface area contributed by atoms with Crippen LogP contribution in [0, 0.1) is 0 Å². The van der Waals surface area contributed by atoms with Crippen molar-refractivity contribution in [1.82, 2.24) is 0 Å². The highest BCUT2D eigenvalue weighted by atomic mass is 35.5. The Morgan fingerprint density at radius 2 is 1.74 bits per heavy atom. The molecule has 0 bridgehead atoms. The molecule has 2 aromatic rings. The fourth-order valence-electron chi connectivity index (χ4n) is 1.85. The van der Waals surface area contributed by atoms with E-state index in [-0.39, 0.29) is 16.7 Å². The molecule has 2 rings (SSSR count). The molecular formula is C17H15Cl2NO3. The van der Waals surface area contributed by atoms with Crippen molar-refractivity contribution in [1.29, 1.82) is 0 Å². The van der Waals surface area contributed by atoms with E-state index in [1.807, 2.05) is 0 Å². The van der Waals surface area contributed by atoms with E-state index >= 15 is 0 Å². The Morgan fingerprint density at radius 3 is 2.35 bits per heavy atom. The van der Waals surface area contributed by atoms with Gasteiger partial charge in [0.15, 0.2) is 11.9 Å². The van der Waals surface area contributed by atoms with E-state index in [4.69, 9.17) is 27.9 Å². The average Bonchev–Trinajstić information content (AvgIpc) is 2.52. The Kier molecular flexibility index (Phi) is 5.64. The maximum atomic E-state index is 12.2. The van der Waals surface area contributed by atoms with Gasteiger partial charge in [-0.2, -0.15) is 0 Å². The van der Waals surface area contributed by atoms with Gasteiger partial charge in [0, 0.05) is 11.3 Å². The molecule has 0 aliphatic rings. The van der Waals surface area contributed by atoms with Crippen molar-refractivity contribution in [3.8, 4) is 5.75 Å². The molecule has 2 aromatic carbocycles. The van der Waals surface area contributed by atoms with Crippen molar-refractivity contribution in [2.24, 2.45) is 0 Å². The zero-order valence-electron chi connectivity index (χ0n) is 12.6. The van der Waals surface area contributed by atoms with Gasteiger partial charge in [0.2, 0.25) is 0 Å². The van der Waals surface area contributed by atoms with Crippen molar-refractivity contribution < 1.29 is 14.3 Å². The maximum Gasteiger partial charge on any atom is 0.265 e. The molecule has 0 aliphatic carbocycles. The third kappa shape index (κ3) is 4.47. The van der Waals surface area contributed by atoms with Crippen LogP contribution in [-0.2, 0) is 4.79 Å². The van der Waals surface area contributed by atoms with Gasteiger partial charge in [-0.05, 0) is 50.2 Å². The van der Waals surface area contributed by atoms with Crippen molar-refractivity contribution >= 4 is 40.6 Å². The van der Waals surface area contributed by atoms with Crippen LogP contribution in [0.5, 0.6) is 5.75 Å². The number of hydrogen-bond acceptors (Lipinski definition) is 3. The quantitative estimate of drug-likeness (QED) is 0.800. The second-order valence-electron chi connectivity index (χ2n) is 4.93. The van der Waals surface area contributed by atoms with Crippen LogP contribution in [0.3, 0.4) is 0 Å². The number of nitrogens with one attached hydrogen (secondary N) is 1. The first-order valence-electron chi connectivity index (χ1n) is 6.91. The van der Waals surface area contributed by atoms with E-state index in [1.54, 1.807) is 49.4 Å². The van der Waals surface area contributed by atoms with Gasteiger partial charge in [0.1, 0.15) is 10.8 Å². The number of ketones is 1. The molecule has 4 nitrogen and oxygen atoms in total. The predicted octanol–water partition coefficient (Wildman–Crippen LogP) is 4.60. The highest BCUT2D eigenvalue weighted by molar-refractivity contribution is 6.42. The van der Waals surface area contributed by atoms with Crippen molar-refractivity contribution in [2.75, 3.05) is 5.32 Å². The number of ether oxygens (including phenoxy) is 1. The number of anilines is 1. The first-order valence-corrected chi connectivity index (χ1v) is 7.66. The minimum absolute atomic E-state index is 0.0322. The molecule has 0 radical (unpaired) electrons. The van der Waals surface area contributed by atoms with Crippen molar-refractivity contribution in [3.63, 3.8) is 0 Å². The molecule has 0 aliphatic heterocycles. The van der Waals surface area contributed by atoms with E-state index in [0.717, 1.165) is 0 Å². The lowest BCUT2D eigenvalue weighted by atomic mass is 10.1. The molecule has 23 heavy (non-hydrogen) atoms. The lowest BCUT2D eigenvalue weighted by Crippen LogP contribution is -2.30. The minimum atomic E-state index is -0.765. The zero-order chi connectivity index (χ0) is 17.0. The summed E-state index contributed by atoms with van der Waals surface area (Å²) < 4.78 is 5.54. The van der Waals surface area contributed by atoms with E-state index in [9.17, 15) is 9.59 Å². The smallest absolute Gasteiger partial charge is 0.265 e. The van der Waals surface area contributed by atoms with Gasteiger partial charge in [-0.25, -0.2) is 0 Å². The Morgan fingerprint density at radius 1 is 1.09 bits per heavy atom. The van der Waals surface area contributed by atoms with Gasteiger partial charge in [-0.3, -0.25) is 9.59 Å². The number of benzene rings is 2. The molecule has 0 fully saturated rings. The number of Topliss-reactive ketones (excluding diaryl/α,β-unsaturated/α-hetero) is 1. The van der Waals surface area contributed by atoms with E-state index in [2.05, 4.69) is 5.32 Å². The second-order valence-corrected chi connectivity index (χ2v) is 5.72. The largest absolute Gasteiger partial charge is 0.479 e. The average molecular weight is 352 g/mol. The molecule has 0 aromatic heterocycles. The third-order valence-electron chi connectivity index (χ3n) is 3.15. The van der Waals surface area contributed by atoms with Crippen LogP contribution in [0.25, 0.3) is 0 Å². The lowest BCUT2D eigenvalue weighted by Gasteiger charge is -2.16. The van der Waals surface area contributed by atoms with E-state index in [1.165, 1.54) is 6.92 Å². The van der Waals surface area contributed by atoms with Gasteiger partial charge in [-0.15, -0.1) is 0 Å². The van der Waals surface area contributed by atoms with Gasteiger partial charge in [0.05, 0.1) is 5.02 Å². The number of hydrogen-bond donors (Lipinski definition) is 1. The van der Waals surface area contributed by atoms with Gasteiger partial charge in [-0.1, -0.05) is 29.3 Å². The topological polar surface area (TPSA) is 55.4 Å². The summed E-state index contributed by atoms with van der Waals surface area (Å²) in [5, 5.41) is 3.33. The summed E-state index contributed by atoms with van der Waals surface area (Å²) in [5.41, 5.74) is 1.16. The number of rotatable bonds is 5. The number of carbonyl (C=O) groups is 2. The number of halogens is 2. The Bertz CT molecular complexity index is 729. The van der Waals surface area contributed by atoms with Gasteiger partial charge < -0.3 is 10.1 Å². The molecule has 0 saturated heterocycles. The lowest BCUT2D eigenvalue weighted by molar-refractivity contribution is -0.122. The summed E-state index contributed by atoms with van der Waals surface area (Å²) in [6, 6.07) is 11.6. The highest BCUT2D eigenvalue weighted by Gasteiger charge is 2.17. The Hall–Kier alpha value is -2.04. The molecule has 0 unspecified atom stereocenters. The first kappa shape index (κ1) is 17.3.